The first-order valence-corrected chi connectivity index (χ1v) is 6.69. The zero-order chi connectivity index (χ0) is 13.1. The highest BCUT2D eigenvalue weighted by atomic mass is 16.2. The van der Waals surface area contributed by atoms with Gasteiger partial charge in [0.25, 0.3) is 0 Å². The van der Waals surface area contributed by atoms with Crippen molar-refractivity contribution < 1.29 is 4.79 Å². The van der Waals surface area contributed by atoms with E-state index in [0.29, 0.717) is 0 Å². The topological polar surface area (TPSA) is 46.3 Å². The Morgan fingerprint density at radius 2 is 1.83 bits per heavy atom. The van der Waals surface area contributed by atoms with Gasteiger partial charge < -0.3 is 10.6 Å². The summed E-state index contributed by atoms with van der Waals surface area (Å²) in [4.78, 5) is 14.2. The van der Waals surface area contributed by atoms with Gasteiger partial charge in [-0.25, -0.2) is 0 Å². The van der Waals surface area contributed by atoms with Crippen LogP contribution in [0.15, 0.2) is 24.3 Å². The number of piperidine rings is 1. The lowest BCUT2D eigenvalue weighted by Gasteiger charge is -2.32. The smallest absolute Gasteiger partial charge is 0.244 e. The number of benzene rings is 1. The lowest BCUT2D eigenvalue weighted by Crippen LogP contribution is -2.42. The van der Waals surface area contributed by atoms with Crippen LogP contribution >= 0.6 is 0 Å². The maximum absolute atomic E-state index is 12.3. The van der Waals surface area contributed by atoms with Crippen molar-refractivity contribution in [3.63, 3.8) is 0 Å². The molecule has 3 nitrogen and oxygen atoms in total. The number of rotatable bonds is 2. The Labute approximate surface area is 109 Å². The quantitative estimate of drug-likeness (QED) is 0.870. The second kappa shape index (κ2) is 5.53. The lowest BCUT2D eigenvalue weighted by molar-refractivity contribution is -0.134. The van der Waals surface area contributed by atoms with Crippen LogP contribution in [0, 0.1) is 12.8 Å². The van der Waals surface area contributed by atoms with Gasteiger partial charge in [0, 0.05) is 13.1 Å². The third-order valence-corrected chi connectivity index (χ3v) is 3.80. The number of carbonyl (C=O) groups excluding carboxylic acids is 1. The minimum Gasteiger partial charge on any atom is -0.341 e. The van der Waals surface area contributed by atoms with Crippen molar-refractivity contribution in [3.8, 4) is 0 Å². The van der Waals surface area contributed by atoms with Crippen LogP contribution in [0.3, 0.4) is 0 Å². The van der Waals surface area contributed by atoms with Crippen molar-refractivity contribution in [1.82, 2.24) is 4.90 Å². The summed E-state index contributed by atoms with van der Waals surface area (Å²) in [6, 6.07) is 7.38. The van der Waals surface area contributed by atoms with E-state index >= 15 is 0 Å². The number of carbonyl (C=O) groups is 1. The maximum Gasteiger partial charge on any atom is 0.244 e. The molecular formula is C15H22N2O. The maximum atomic E-state index is 12.3. The van der Waals surface area contributed by atoms with E-state index in [1.807, 2.05) is 36.1 Å². The second-order valence-corrected chi connectivity index (χ2v) is 5.40. The normalized spacial score (nSPS) is 18.7. The van der Waals surface area contributed by atoms with Crippen LogP contribution < -0.4 is 5.73 Å². The van der Waals surface area contributed by atoms with Crippen molar-refractivity contribution in [1.29, 1.82) is 0 Å². The number of hydrogen-bond donors (Lipinski definition) is 1. The molecule has 1 heterocycles. The minimum absolute atomic E-state index is 0.0609. The fourth-order valence-electron chi connectivity index (χ4n) is 2.34. The molecule has 1 aromatic carbocycles. The van der Waals surface area contributed by atoms with Gasteiger partial charge in [-0.2, -0.15) is 0 Å². The highest BCUT2D eigenvalue weighted by Crippen LogP contribution is 2.20. The summed E-state index contributed by atoms with van der Waals surface area (Å²) in [5.41, 5.74) is 8.15. The molecule has 3 heteroatoms. The fraction of sp³-hybridized carbons (Fsp3) is 0.533. The molecule has 1 amide bonds. The Bertz CT molecular complexity index is 405. The first-order chi connectivity index (χ1) is 8.58. The van der Waals surface area contributed by atoms with Gasteiger partial charge >= 0.3 is 0 Å². The Morgan fingerprint density at radius 3 is 2.39 bits per heavy atom. The molecule has 1 aliphatic rings. The van der Waals surface area contributed by atoms with Crippen molar-refractivity contribution in [2.24, 2.45) is 11.7 Å². The predicted molar refractivity (Wildman–Crippen MR) is 73.1 cm³/mol. The minimum atomic E-state index is -0.515. The van der Waals surface area contributed by atoms with E-state index < -0.39 is 6.04 Å². The van der Waals surface area contributed by atoms with E-state index in [2.05, 4.69) is 6.92 Å². The zero-order valence-corrected chi connectivity index (χ0v) is 11.2. The van der Waals surface area contributed by atoms with Crippen molar-refractivity contribution in [3.05, 3.63) is 35.4 Å². The Balaban J connectivity index is 2.02. The fourth-order valence-corrected chi connectivity index (χ4v) is 2.34. The van der Waals surface area contributed by atoms with Crippen molar-refractivity contribution in [2.45, 2.75) is 32.7 Å². The van der Waals surface area contributed by atoms with Crippen LogP contribution in [0.25, 0.3) is 0 Å². The van der Waals surface area contributed by atoms with E-state index in [-0.39, 0.29) is 5.91 Å². The first-order valence-electron chi connectivity index (χ1n) is 6.69. The summed E-state index contributed by atoms with van der Waals surface area (Å²) in [7, 11) is 0. The molecule has 0 aromatic heterocycles. The van der Waals surface area contributed by atoms with Crippen molar-refractivity contribution >= 4 is 5.91 Å². The van der Waals surface area contributed by atoms with Crippen LogP contribution in [0.2, 0.25) is 0 Å². The predicted octanol–water partition coefficient (Wildman–Crippen LogP) is 2.25. The molecule has 98 valence electrons. The summed E-state index contributed by atoms with van der Waals surface area (Å²) < 4.78 is 0. The highest BCUT2D eigenvalue weighted by Gasteiger charge is 2.25. The standard InChI is InChI=1S/C15H22N2O/c1-11-3-5-13(6-4-11)14(16)15(18)17-9-7-12(2)8-10-17/h3-6,12,14H,7-10,16H2,1-2H3. The van der Waals surface area contributed by atoms with E-state index in [1.54, 1.807) is 0 Å². The molecular weight excluding hydrogens is 224 g/mol. The van der Waals surface area contributed by atoms with Gasteiger partial charge in [-0.15, -0.1) is 0 Å². The van der Waals surface area contributed by atoms with Crippen molar-refractivity contribution in [2.75, 3.05) is 13.1 Å². The molecule has 0 bridgehead atoms. The molecule has 0 aliphatic carbocycles. The van der Waals surface area contributed by atoms with Gasteiger partial charge in [-0.3, -0.25) is 4.79 Å². The number of hydrogen-bond acceptors (Lipinski definition) is 2. The molecule has 1 aliphatic heterocycles. The summed E-state index contributed by atoms with van der Waals surface area (Å²) >= 11 is 0. The largest absolute Gasteiger partial charge is 0.341 e. The monoisotopic (exact) mass is 246 g/mol. The molecule has 1 fully saturated rings. The number of nitrogens with two attached hydrogens (primary N) is 1. The second-order valence-electron chi connectivity index (χ2n) is 5.40. The molecule has 18 heavy (non-hydrogen) atoms. The third kappa shape index (κ3) is 2.91. The third-order valence-electron chi connectivity index (χ3n) is 3.80. The van der Waals surface area contributed by atoms with E-state index in [4.69, 9.17) is 5.73 Å². The molecule has 1 saturated heterocycles. The molecule has 0 spiro atoms. The molecule has 1 aromatic rings. The molecule has 1 atom stereocenters. The highest BCUT2D eigenvalue weighted by molar-refractivity contribution is 5.83. The van der Waals surface area contributed by atoms with Crippen LogP contribution in [0.4, 0.5) is 0 Å². The van der Waals surface area contributed by atoms with Gasteiger partial charge in [0.05, 0.1) is 0 Å². The summed E-state index contributed by atoms with van der Waals surface area (Å²) in [5.74, 6) is 0.787. The van der Waals surface area contributed by atoms with Gasteiger partial charge in [-0.1, -0.05) is 36.8 Å². The number of likely N-dealkylation sites (tertiary alicyclic amines) is 1. The number of amides is 1. The number of nitrogens with zero attached hydrogens (tertiary/aromatic N) is 1. The van der Waals surface area contributed by atoms with E-state index in [1.165, 1.54) is 5.56 Å². The molecule has 2 N–H and O–H groups in total. The molecule has 0 radical (unpaired) electrons. The van der Waals surface area contributed by atoms with Gasteiger partial charge in [0.15, 0.2) is 0 Å². The van der Waals surface area contributed by atoms with E-state index in [9.17, 15) is 4.79 Å². The van der Waals surface area contributed by atoms with Gasteiger partial charge in [-0.05, 0) is 31.2 Å². The average molecular weight is 246 g/mol. The average Bonchev–Trinajstić information content (AvgIpc) is 2.39. The Hall–Kier alpha value is -1.35. The first kappa shape index (κ1) is 13.1. The van der Waals surface area contributed by atoms with Crippen LogP contribution in [-0.4, -0.2) is 23.9 Å². The molecule has 1 unspecified atom stereocenters. The SMILES string of the molecule is Cc1ccc(C(N)C(=O)N2CCC(C)CC2)cc1. The van der Waals surface area contributed by atoms with Crippen LogP contribution in [0.1, 0.15) is 36.9 Å². The zero-order valence-electron chi connectivity index (χ0n) is 11.2. The summed E-state index contributed by atoms with van der Waals surface area (Å²) in [6.07, 6.45) is 2.18. The van der Waals surface area contributed by atoms with Gasteiger partial charge in [0.2, 0.25) is 5.91 Å². The molecule has 0 saturated carbocycles. The summed E-state index contributed by atoms with van der Waals surface area (Å²) in [5, 5.41) is 0. The Kier molecular flexibility index (Phi) is 4.02. The van der Waals surface area contributed by atoms with Gasteiger partial charge in [0.1, 0.15) is 6.04 Å². The Morgan fingerprint density at radius 1 is 1.28 bits per heavy atom. The molecule has 2 rings (SSSR count). The number of aryl methyl sites for hydroxylation is 1. The lowest BCUT2D eigenvalue weighted by atomic mass is 9.97. The summed E-state index contributed by atoms with van der Waals surface area (Å²) in [6.45, 7) is 5.96. The van der Waals surface area contributed by atoms with E-state index in [0.717, 1.165) is 37.4 Å². The van der Waals surface area contributed by atoms with Crippen LogP contribution in [-0.2, 0) is 4.79 Å². The van der Waals surface area contributed by atoms with Crippen LogP contribution in [0.5, 0.6) is 0 Å².